The Morgan fingerprint density at radius 1 is 1.04 bits per heavy atom. The minimum atomic E-state index is -0.00357. The lowest BCUT2D eigenvalue weighted by molar-refractivity contribution is 0.476. The quantitative estimate of drug-likeness (QED) is 0.527. The average Bonchev–Trinajstić information content (AvgIpc) is 2.94. The van der Waals surface area contributed by atoms with Gasteiger partial charge in [-0.2, -0.15) is 5.26 Å². The molecule has 2 aromatic carbocycles. The van der Waals surface area contributed by atoms with E-state index in [2.05, 4.69) is 37.9 Å². The minimum absolute atomic E-state index is 0.00357. The molecule has 4 heteroatoms. The molecule has 0 unspecified atom stereocenters. The van der Waals surface area contributed by atoms with Gasteiger partial charge in [-0.05, 0) is 35.2 Å². The van der Waals surface area contributed by atoms with E-state index in [0.717, 1.165) is 27.6 Å². The average molecular weight is 341 g/mol. The van der Waals surface area contributed by atoms with Crippen LogP contribution in [0, 0.1) is 11.3 Å². The number of phenolic OH excluding ortho intramolecular Hbond substituents is 1. The van der Waals surface area contributed by atoms with E-state index in [0.29, 0.717) is 5.56 Å². The van der Waals surface area contributed by atoms with Crippen LogP contribution in [-0.4, -0.2) is 14.7 Å². The van der Waals surface area contributed by atoms with Crippen LogP contribution in [0.1, 0.15) is 31.9 Å². The number of hydrogen-bond donors (Lipinski definition) is 1. The number of nitrogens with zero attached hydrogens (tertiary/aromatic N) is 3. The van der Waals surface area contributed by atoms with Gasteiger partial charge in [-0.3, -0.25) is 4.57 Å². The number of nitriles is 1. The lowest BCUT2D eigenvalue weighted by Gasteiger charge is -2.20. The Hall–Kier alpha value is -3.32. The van der Waals surface area contributed by atoms with E-state index in [4.69, 9.17) is 0 Å². The second-order valence-electron chi connectivity index (χ2n) is 7.50. The van der Waals surface area contributed by atoms with Crippen LogP contribution in [0.5, 0.6) is 5.75 Å². The van der Waals surface area contributed by atoms with Gasteiger partial charge in [-0.15, -0.1) is 0 Å². The minimum Gasteiger partial charge on any atom is -0.508 e. The summed E-state index contributed by atoms with van der Waals surface area (Å²) < 4.78 is 2.01. The molecule has 0 aliphatic carbocycles. The number of benzene rings is 2. The van der Waals surface area contributed by atoms with E-state index in [1.165, 1.54) is 11.6 Å². The van der Waals surface area contributed by atoms with Gasteiger partial charge in [0.15, 0.2) is 0 Å². The van der Waals surface area contributed by atoms with E-state index in [1.54, 1.807) is 6.07 Å². The molecule has 2 aromatic heterocycles. The van der Waals surface area contributed by atoms with Gasteiger partial charge in [-0.25, -0.2) is 4.98 Å². The molecule has 0 spiro atoms. The molecular weight excluding hydrogens is 322 g/mol. The number of fused-ring (bicyclic) bond motifs is 3. The van der Waals surface area contributed by atoms with Crippen LogP contribution >= 0.6 is 0 Å². The molecule has 0 aliphatic heterocycles. The molecule has 0 saturated carbocycles. The molecule has 1 N–H and O–H groups in total. The van der Waals surface area contributed by atoms with E-state index >= 15 is 0 Å². The topological polar surface area (TPSA) is 61.8 Å². The van der Waals surface area contributed by atoms with Gasteiger partial charge in [-0.1, -0.05) is 39.0 Å². The number of pyridine rings is 1. The molecular formula is C22H19N3O. The smallest absolute Gasteiger partial charge is 0.137 e. The summed E-state index contributed by atoms with van der Waals surface area (Å²) in [4.78, 5) is 4.58. The molecule has 0 aliphatic rings. The van der Waals surface area contributed by atoms with Crippen LogP contribution in [0.2, 0.25) is 0 Å². The fourth-order valence-electron chi connectivity index (χ4n) is 3.42. The lowest BCUT2D eigenvalue weighted by atomic mass is 9.88. The predicted molar refractivity (Wildman–Crippen MR) is 104 cm³/mol. The second kappa shape index (κ2) is 5.60. The van der Waals surface area contributed by atoms with Crippen LogP contribution in [-0.2, 0) is 5.41 Å². The molecule has 128 valence electrons. The van der Waals surface area contributed by atoms with Crippen molar-refractivity contribution >= 4 is 21.8 Å². The molecule has 0 amide bonds. The number of hydrogen-bond acceptors (Lipinski definition) is 3. The molecule has 0 fully saturated rings. The maximum Gasteiger partial charge on any atom is 0.137 e. The van der Waals surface area contributed by atoms with Gasteiger partial charge in [0.1, 0.15) is 11.6 Å². The van der Waals surface area contributed by atoms with Crippen molar-refractivity contribution in [3.63, 3.8) is 0 Å². The first-order chi connectivity index (χ1) is 12.4. The van der Waals surface area contributed by atoms with Crippen molar-refractivity contribution in [1.29, 1.82) is 5.26 Å². The summed E-state index contributed by atoms with van der Waals surface area (Å²) in [7, 11) is 0. The normalized spacial score (nSPS) is 11.8. The van der Waals surface area contributed by atoms with Crippen LogP contribution < -0.4 is 0 Å². The first-order valence-electron chi connectivity index (χ1n) is 8.53. The molecule has 26 heavy (non-hydrogen) atoms. The van der Waals surface area contributed by atoms with Crippen molar-refractivity contribution in [2.45, 2.75) is 26.2 Å². The zero-order valence-electron chi connectivity index (χ0n) is 15.0. The molecule has 0 atom stereocenters. The Labute approximate surface area is 152 Å². The summed E-state index contributed by atoms with van der Waals surface area (Å²) >= 11 is 0. The number of phenols is 1. The molecule has 4 nitrogen and oxygen atoms in total. The first kappa shape index (κ1) is 16.2. The summed E-state index contributed by atoms with van der Waals surface area (Å²) in [5.74, 6) is 0.850. The summed E-state index contributed by atoms with van der Waals surface area (Å²) in [6.07, 6.45) is 1.81. The van der Waals surface area contributed by atoms with Gasteiger partial charge in [0, 0.05) is 23.0 Å². The van der Waals surface area contributed by atoms with Gasteiger partial charge < -0.3 is 5.11 Å². The third-order valence-corrected chi connectivity index (χ3v) is 4.72. The maximum atomic E-state index is 10.1. The highest BCUT2D eigenvalue weighted by molar-refractivity contribution is 6.12. The van der Waals surface area contributed by atoms with Crippen molar-refractivity contribution < 1.29 is 5.11 Å². The zero-order valence-corrected chi connectivity index (χ0v) is 15.0. The third kappa shape index (κ3) is 2.41. The third-order valence-electron chi connectivity index (χ3n) is 4.72. The maximum absolute atomic E-state index is 10.1. The van der Waals surface area contributed by atoms with E-state index in [1.807, 2.05) is 41.1 Å². The molecule has 2 heterocycles. The van der Waals surface area contributed by atoms with Crippen molar-refractivity contribution in [3.8, 4) is 17.6 Å². The molecule has 0 saturated heterocycles. The van der Waals surface area contributed by atoms with E-state index in [-0.39, 0.29) is 11.2 Å². The standard InChI is InChI=1S/C22H19N3O/c1-22(2,3)15-8-9-24-20(11-15)25-18-7-5-4-6-17(18)21-14(13-23)10-16(26)12-19(21)25/h4-12,26H,1-3H3. The Kier molecular flexibility index (Phi) is 3.48. The van der Waals surface area contributed by atoms with Gasteiger partial charge in [0.05, 0.1) is 22.7 Å². The Bertz CT molecular complexity index is 1190. The van der Waals surface area contributed by atoms with Crippen molar-refractivity contribution in [1.82, 2.24) is 9.55 Å². The predicted octanol–water partition coefficient (Wildman–Crippen LogP) is 5.05. The highest BCUT2D eigenvalue weighted by Crippen LogP contribution is 2.36. The molecule has 4 rings (SSSR count). The Morgan fingerprint density at radius 2 is 1.81 bits per heavy atom. The first-order valence-corrected chi connectivity index (χ1v) is 8.53. The lowest BCUT2D eigenvalue weighted by Crippen LogP contribution is -2.12. The van der Waals surface area contributed by atoms with Crippen LogP contribution in [0.4, 0.5) is 0 Å². The molecule has 4 aromatic rings. The van der Waals surface area contributed by atoms with Crippen LogP contribution in [0.15, 0.2) is 54.7 Å². The van der Waals surface area contributed by atoms with Crippen molar-refractivity contribution in [2.75, 3.05) is 0 Å². The Balaban J connectivity index is 2.16. The van der Waals surface area contributed by atoms with Crippen LogP contribution in [0.3, 0.4) is 0 Å². The summed E-state index contributed by atoms with van der Waals surface area (Å²) in [6, 6.07) is 17.5. The van der Waals surface area contributed by atoms with Gasteiger partial charge >= 0.3 is 0 Å². The number of aromatic hydroxyl groups is 1. The Morgan fingerprint density at radius 3 is 2.54 bits per heavy atom. The van der Waals surface area contributed by atoms with Crippen molar-refractivity contribution in [3.05, 3.63) is 65.9 Å². The van der Waals surface area contributed by atoms with Gasteiger partial charge in [0.2, 0.25) is 0 Å². The monoisotopic (exact) mass is 341 g/mol. The highest BCUT2D eigenvalue weighted by Gasteiger charge is 2.19. The largest absolute Gasteiger partial charge is 0.508 e. The number of para-hydroxylation sites is 1. The SMILES string of the molecule is CC(C)(C)c1ccnc(-n2c3ccccc3c3c(C#N)cc(O)cc32)c1. The fraction of sp³-hybridized carbons (Fsp3) is 0.182. The molecule has 0 radical (unpaired) electrons. The van der Waals surface area contributed by atoms with E-state index < -0.39 is 0 Å². The molecule has 0 bridgehead atoms. The summed E-state index contributed by atoms with van der Waals surface area (Å²) in [5.41, 5.74) is 3.37. The summed E-state index contributed by atoms with van der Waals surface area (Å²) in [6.45, 7) is 6.49. The zero-order chi connectivity index (χ0) is 18.5. The van der Waals surface area contributed by atoms with Gasteiger partial charge in [0.25, 0.3) is 0 Å². The highest BCUT2D eigenvalue weighted by atomic mass is 16.3. The van der Waals surface area contributed by atoms with Crippen molar-refractivity contribution in [2.24, 2.45) is 0 Å². The van der Waals surface area contributed by atoms with Crippen LogP contribution in [0.25, 0.3) is 27.6 Å². The van der Waals surface area contributed by atoms with E-state index in [9.17, 15) is 10.4 Å². The number of aromatic nitrogens is 2. The second-order valence-corrected chi connectivity index (χ2v) is 7.50. The fourth-order valence-corrected chi connectivity index (χ4v) is 3.42. The summed E-state index contributed by atoms with van der Waals surface area (Å²) in [5, 5.41) is 21.5. The number of rotatable bonds is 1.